The van der Waals surface area contributed by atoms with Crippen LogP contribution in [0.15, 0.2) is 24.3 Å². The highest BCUT2D eigenvalue weighted by Gasteiger charge is 2.72. The van der Waals surface area contributed by atoms with Gasteiger partial charge < -0.3 is 15.3 Å². The molecule has 3 atom stereocenters. The molecule has 0 bridgehead atoms. The lowest BCUT2D eigenvalue weighted by atomic mass is 9.80. The lowest BCUT2D eigenvalue weighted by molar-refractivity contribution is -0.147. The number of carboxylic acid groups (broad SMARTS) is 1. The molecular formula is C15H16N2O3. The molecule has 0 unspecified atom stereocenters. The van der Waals surface area contributed by atoms with Gasteiger partial charge in [0.2, 0.25) is 0 Å². The Bertz CT molecular complexity index is 590. The number of urea groups is 1. The summed E-state index contributed by atoms with van der Waals surface area (Å²) in [6.07, 6.45) is 1.30. The molecule has 5 nitrogen and oxygen atoms in total. The number of carboxylic acids is 1. The summed E-state index contributed by atoms with van der Waals surface area (Å²) in [5.41, 5.74) is 1.89. The minimum Gasteiger partial charge on any atom is -0.481 e. The van der Waals surface area contributed by atoms with Crippen LogP contribution in [0.25, 0.3) is 0 Å². The maximum absolute atomic E-state index is 12.2. The van der Waals surface area contributed by atoms with Gasteiger partial charge in [0.1, 0.15) is 0 Å². The van der Waals surface area contributed by atoms with Crippen molar-refractivity contribution < 1.29 is 14.7 Å². The lowest BCUT2D eigenvalue weighted by Crippen LogP contribution is -2.51. The van der Waals surface area contributed by atoms with E-state index in [1.54, 1.807) is 4.90 Å². The molecule has 2 N–H and O–H groups in total. The molecule has 0 saturated heterocycles. The summed E-state index contributed by atoms with van der Waals surface area (Å²) < 4.78 is 0. The van der Waals surface area contributed by atoms with Crippen LogP contribution in [0.4, 0.5) is 4.79 Å². The summed E-state index contributed by atoms with van der Waals surface area (Å²) >= 11 is 0. The van der Waals surface area contributed by atoms with E-state index < -0.39 is 11.4 Å². The molecule has 2 fully saturated rings. The number of benzene rings is 1. The minimum atomic E-state index is -0.707. The third-order valence-electron chi connectivity index (χ3n) is 5.07. The van der Waals surface area contributed by atoms with E-state index in [2.05, 4.69) is 5.32 Å². The van der Waals surface area contributed by atoms with E-state index in [4.69, 9.17) is 5.11 Å². The normalized spacial score (nSPS) is 32.9. The van der Waals surface area contributed by atoms with Crippen LogP contribution >= 0.6 is 0 Å². The molecule has 0 radical (unpaired) electrons. The summed E-state index contributed by atoms with van der Waals surface area (Å²) in [5, 5.41) is 12.1. The minimum absolute atomic E-state index is 0.0438. The molecule has 1 aromatic rings. The van der Waals surface area contributed by atoms with Gasteiger partial charge in [-0.25, -0.2) is 4.79 Å². The number of nitrogens with one attached hydrogen (secondary N) is 1. The van der Waals surface area contributed by atoms with Gasteiger partial charge in [0.15, 0.2) is 0 Å². The Hall–Kier alpha value is -2.04. The number of aliphatic carboxylic acids is 1. The molecule has 2 amide bonds. The van der Waals surface area contributed by atoms with E-state index in [-0.39, 0.29) is 18.0 Å². The average molecular weight is 272 g/mol. The van der Waals surface area contributed by atoms with E-state index in [1.165, 1.54) is 11.1 Å². The van der Waals surface area contributed by atoms with Gasteiger partial charge in [0.25, 0.3) is 0 Å². The summed E-state index contributed by atoms with van der Waals surface area (Å²) in [5.74, 6) is -0.560. The van der Waals surface area contributed by atoms with Crippen LogP contribution in [-0.2, 0) is 17.9 Å². The first-order valence-electron chi connectivity index (χ1n) is 6.96. The third-order valence-corrected chi connectivity index (χ3v) is 5.07. The molecule has 3 aliphatic rings. The summed E-state index contributed by atoms with van der Waals surface area (Å²) in [4.78, 5) is 25.1. The maximum Gasteiger partial charge on any atom is 0.318 e. The number of nitrogens with zero attached hydrogens (tertiary/aromatic N) is 1. The largest absolute Gasteiger partial charge is 0.481 e. The van der Waals surface area contributed by atoms with Gasteiger partial charge in [0, 0.05) is 19.1 Å². The zero-order chi connectivity index (χ0) is 13.9. The molecule has 4 rings (SSSR count). The van der Waals surface area contributed by atoms with Gasteiger partial charge in [-0.05, 0) is 29.9 Å². The molecule has 1 aliphatic heterocycles. The van der Waals surface area contributed by atoms with Crippen molar-refractivity contribution in [1.29, 1.82) is 0 Å². The van der Waals surface area contributed by atoms with Crippen molar-refractivity contribution >= 4 is 12.0 Å². The number of hydrogen-bond donors (Lipinski definition) is 2. The molecule has 0 aromatic heterocycles. The number of amides is 2. The Labute approximate surface area is 116 Å². The van der Waals surface area contributed by atoms with Crippen LogP contribution in [0.1, 0.15) is 24.0 Å². The zero-order valence-corrected chi connectivity index (χ0v) is 11.0. The van der Waals surface area contributed by atoms with Crippen LogP contribution in [0.2, 0.25) is 0 Å². The van der Waals surface area contributed by atoms with Crippen molar-refractivity contribution in [2.75, 3.05) is 0 Å². The number of fused-ring (bicyclic) bond motifs is 2. The second-order valence-electron chi connectivity index (χ2n) is 6.16. The first kappa shape index (κ1) is 11.8. The Kier molecular flexibility index (Phi) is 2.20. The van der Waals surface area contributed by atoms with E-state index in [0.29, 0.717) is 25.9 Å². The molecule has 1 aromatic carbocycles. The first-order chi connectivity index (χ1) is 9.60. The van der Waals surface area contributed by atoms with E-state index in [1.807, 2.05) is 24.3 Å². The van der Waals surface area contributed by atoms with Crippen LogP contribution in [0, 0.1) is 11.3 Å². The smallest absolute Gasteiger partial charge is 0.318 e. The van der Waals surface area contributed by atoms with Crippen LogP contribution in [-0.4, -0.2) is 28.0 Å². The SMILES string of the molecule is O=C(N[C@H]1C[C@@]2(C(=O)O)C[C@@H]12)N1Cc2ccccc2C1. The molecule has 1 heterocycles. The topological polar surface area (TPSA) is 69.6 Å². The zero-order valence-electron chi connectivity index (χ0n) is 11.0. The van der Waals surface area contributed by atoms with Gasteiger partial charge in [0.05, 0.1) is 5.41 Å². The molecule has 20 heavy (non-hydrogen) atoms. The van der Waals surface area contributed by atoms with Crippen LogP contribution < -0.4 is 5.32 Å². The molecule has 2 saturated carbocycles. The van der Waals surface area contributed by atoms with Gasteiger partial charge >= 0.3 is 12.0 Å². The van der Waals surface area contributed by atoms with Gasteiger partial charge in [-0.1, -0.05) is 24.3 Å². The molecule has 2 aliphatic carbocycles. The highest BCUT2D eigenvalue weighted by molar-refractivity contribution is 5.82. The highest BCUT2D eigenvalue weighted by atomic mass is 16.4. The van der Waals surface area contributed by atoms with Gasteiger partial charge in [-0.3, -0.25) is 4.79 Å². The fourth-order valence-electron chi connectivity index (χ4n) is 3.68. The number of rotatable bonds is 2. The Morgan fingerprint density at radius 3 is 2.35 bits per heavy atom. The fraction of sp³-hybridized carbons (Fsp3) is 0.467. The van der Waals surface area contributed by atoms with E-state index in [0.717, 1.165) is 0 Å². The molecule has 0 spiro atoms. The monoisotopic (exact) mass is 272 g/mol. The van der Waals surface area contributed by atoms with Crippen molar-refractivity contribution in [1.82, 2.24) is 10.2 Å². The quantitative estimate of drug-likeness (QED) is 0.858. The summed E-state index contributed by atoms with van der Waals surface area (Å²) in [6.45, 7) is 1.28. The van der Waals surface area contributed by atoms with Crippen LogP contribution in [0.5, 0.6) is 0 Å². The van der Waals surface area contributed by atoms with E-state index in [9.17, 15) is 9.59 Å². The number of carbonyl (C=O) groups excluding carboxylic acids is 1. The fourth-order valence-corrected chi connectivity index (χ4v) is 3.68. The first-order valence-corrected chi connectivity index (χ1v) is 6.96. The van der Waals surface area contributed by atoms with Crippen molar-refractivity contribution in [3.8, 4) is 0 Å². The van der Waals surface area contributed by atoms with Crippen molar-refractivity contribution in [3.63, 3.8) is 0 Å². The molecular weight excluding hydrogens is 256 g/mol. The average Bonchev–Trinajstić information content (AvgIpc) is 2.83. The Morgan fingerprint density at radius 1 is 1.20 bits per heavy atom. The van der Waals surface area contributed by atoms with Gasteiger partial charge in [-0.15, -0.1) is 0 Å². The van der Waals surface area contributed by atoms with Gasteiger partial charge in [-0.2, -0.15) is 0 Å². The van der Waals surface area contributed by atoms with Crippen LogP contribution in [0.3, 0.4) is 0 Å². The summed E-state index contributed by atoms with van der Waals surface area (Å²) in [6, 6.07) is 8.03. The number of carbonyl (C=O) groups is 2. The van der Waals surface area contributed by atoms with Crippen molar-refractivity contribution in [3.05, 3.63) is 35.4 Å². The lowest BCUT2D eigenvalue weighted by Gasteiger charge is -2.33. The second kappa shape index (κ2) is 3.75. The highest BCUT2D eigenvalue weighted by Crippen LogP contribution is 2.67. The molecule has 5 heteroatoms. The number of hydrogen-bond acceptors (Lipinski definition) is 2. The Morgan fingerprint density at radius 2 is 1.85 bits per heavy atom. The standard InChI is InChI=1S/C15H16N2O3/c18-13(19)15-5-11(15)12(6-15)16-14(20)17-7-9-3-1-2-4-10(9)8-17/h1-4,11-12H,5-8H2,(H,16,20)(H,18,19)/t11-,12-,15-/m0/s1. The summed E-state index contributed by atoms with van der Waals surface area (Å²) in [7, 11) is 0. The Balaban J connectivity index is 1.36. The second-order valence-corrected chi connectivity index (χ2v) is 6.16. The predicted octanol–water partition coefficient (Wildman–Crippen LogP) is 1.57. The van der Waals surface area contributed by atoms with E-state index >= 15 is 0 Å². The molecule has 104 valence electrons. The van der Waals surface area contributed by atoms with Crippen molar-refractivity contribution in [2.24, 2.45) is 11.3 Å². The predicted molar refractivity (Wildman–Crippen MR) is 70.8 cm³/mol. The third kappa shape index (κ3) is 1.49. The maximum atomic E-state index is 12.2. The van der Waals surface area contributed by atoms with Crippen molar-refractivity contribution in [2.45, 2.75) is 32.0 Å².